The van der Waals surface area contributed by atoms with Gasteiger partial charge in [-0.3, -0.25) is 16.2 Å². The van der Waals surface area contributed by atoms with Crippen molar-refractivity contribution in [2.24, 2.45) is 18.6 Å². The number of benzene rings is 1. The summed E-state index contributed by atoms with van der Waals surface area (Å²) in [5, 5.41) is 7.14. The molecule has 2 aliphatic rings. The van der Waals surface area contributed by atoms with E-state index in [1.807, 2.05) is 13.8 Å². The summed E-state index contributed by atoms with van der Waals surface area (Å²) in [7, 11) is 1.69. The summed E-state index contributed by atoms with van der Waals surface area (Å²) in [6, 6.07) is 2.79. The molecule has 8 nitrogen and oxygen atoms in total. The predicted molar refractivity (Wildman–Crippen MR) is 116 cm³/mol. The smallest absolute Gasteiger partial charge is 0.248 e. The van der Waals surface area contributed by atoms with E-state index in [-0.39, 0.29) is 17.4 Å². The number of hydrogen-bond acceptors (Lipinski definition) is 7. The first-order valence-electron chi connectivity index (χ1n) is 10.6. The van der Waals surface area contributed by atoms with Gasteiger partial charge in [0.1, 0.15) is 17.7 Å². The Labute approximate surface area is 190 Å². The van der Waals surface area contributed by atoms with Gasteiger partial charge in [0.25, 0.3) is 0 Å². The van der Waals surface area contributed by atoms with Crippen LogP contribution < -0.4 is 17.0 Å². The Morgan fingerprint density at radius 1 is 1.30 bits per heavy atom. The van der Waals surface area contributed by atoms with E-state index in [4.69, 9.17) is 15.9 Å². The third-order valence-electron chi connectivity index (χ3n) is 5.46. The maximum absolute atomic E-state index is 14.0. The predicted octanol–water partition coefficient (Wildman–Crippen LogP) is 2.57. The highest BCUT2D eigenvalue weighted by molar-refractivity contribution is 5.87. The summed E-state index contributed by atoms with van der Waals surface area (Å²) in [4.78, 5) is 6.32. The van der Waals surface area contributed by atoms with Gasteiger partial charge in [0.15, 0.2) is 12.6 Å². The number of imidazole rings is 1. The van der Waals surface area contributed by atoms with Crippen molar-refractivity contribution in [1.82, 2.24) is 19.9 Å². The van der Waals surface area contributed by atoms with Crippen molar-refractivity contribution in [3.8, 4) is 0 Å². The van der Waals surface area contributed by atoms with Crippen LogP contribution in [0.3, 0.4) is 0 Å². The van der Waals surface area contributed by atoms with Crippen molar-refractivity contribution < 1.29 is 22.3 Å². The number of aromatic nitrogens is 2. The molecule has 0 spiro atoms. The SMILES string of the molecule is CC.Cn1c(C(=N)F)nc2c1CN(C1CO[C@H](c3cc(F)ccc3F)C(N)C1)C2.NNCF. The van der Waals surface area contributed by atoms with Crippen molar-refractivity contribution in [3.05, 3.63) is 52.6 Å². The van der Waals surface area contributed by atoms with Crippen LogP contribution in [0.25, 0.3) is 0 Å². The Balaban J connectivity index is 0.000000582. The lowest BCUT2D eigenvalue weighted by Crippen LogP contribution is -2.47. The molecule has 4 rings (SSSR count). The molecule has 1 fully saturated rings. The summed E-state index contributed by atoms with van der Waals surface area (Å²) in [6.45, 7) is 4.73. The lowest BCUT2D eigenvalue weighted by molar-refractivity contribution is -0.0535. The highest BCUT2D eigenvalue weighted by Crippen LogP contribution is 2.34. The first-order chi connectivity index (χ1) is 15.8. The number of rotatable bonds is 4. The van der Waals surface area contributed by atoms with Crippen LogP contribution >= 0.6 is 0 Å². The van der Waals surface area contributed by atoms with Gasteiger partial charge in [0, 0.05) is 37.8 Å². The number of nitrogens with one attached hydrogen (secondary N) is 2. The van der Waals surface area contributed by atoms with Gasteiger partial charge in [-0.05, 0) is 24.6 Å². The molecule has 2 unspecified atom stereocenters. The molecule has 184 valence electrons. The molecule has 33 heavy (non-hydrogen) atoms. The van der Waals surface area contributed by atoms with Gasteiger partial charge in [0.2, 0.25) is 5.97 Å². The zero-order chi connectivity index (χ0) is 24.7. The van der Waals surface area contributed by atoms with Crippen LogP contribution in [-0.2, 0) is 24.9 Å². The Kier molecular flexibility index (Phi) is 9.92. The molecule has 0 amide bonds. The molecule has 1 saturated heterocycles. The van der Waals surface area contributed by atoms with Gasteiger partial charge in [-0.2, -0.15) is 4.39 Å². The highest BCUT2D eigenvalue weighted by atomic mass is 19.1. The molecule has 2 aliphatic heterocycles. The van der Waals surface area contributed by atoms with Crippen LogP contribution in [0.5, 0.6) is 0 Å². The molecule has 1 aromatic carbocycles. The van der Waals surface area contributed by atoms with E-state index >= 15 is 0 Å². The molecule has 0 bridgehead atoms. The van der Waals surface area contributed by atoms with E-state index in [0.29, 0.717) is 26.1 Å². The summed E-state index contributed by atoms with van der Waals surface area (Å²) in [5.41, 5.74) is 9.72. The van der Waals surface area contributed by atoms with Crippen molar-refractivity contribution in [3.63, 3.8) is 0 Å². The van der Waals surface area contributed by atoms with Crippen molar-refractivity contribution in [2.45, 2.75) is 51.5 Å². The molecule has 12 heteroatoms. The molecule has 0 radical (unpaired) electrons. The first kappa shape index (κ1) is 26.9. The Morgan fingerprint density at radius 2 is 1.97 bits per heavy atom. The van der Waals surface area contributed by atoms with Crippen LogP contribution in [-0.4, -0.2) is 45.9 Å². The lowest BCUT2D eigenvalue weighted by Gasteiger charge is -2.38. The van der Waals surface area contributed by atoms with E-state index in [1.54, 1.807) is 17.0 Å². The summed E-state index contributed by atoms with van der Waals surface area (Å²) >= 11 is 0. The fourth-order valence-corrected chi connectivity index (χ4v) is 3.96. The van der Waals surface area contributed by atoms with Gasteiger partial charge < -0.3 is 15.0 Å². The molecule has 3 heterocycles. The van der Waals surface area contributed by atoms with Crippen LogP contribution in [0.15, 0.2) is 18.2 Å². The highest BCUT2D eigenvalue weighted by Gasteiger charge is 2.38. The topological polar surface area (TPSA) is 118 Å². The third kappa shape index (κ3) is 6.15. The van der Waals surface area contributed by atoms with Crippen LogP contribution in [0.4, 0.5) is 17.6 Å². The van der Waals surface area contributed by atoms with Crippen LogP contribution in [0.2, 0.25) is 0 Å². The lowest BCUT2D eigenvalue weighted by atomic mass is 9.93. The number of fused-ring (bicyclic) bond motifs is 1. The summed E-state index contributed by atoms with van der Waals surface area (Å²) in [6.07, 6.45) is -0.140. The number of alkyl halides is 1. The zero-order valence-corrected chi connectivity index (χ0v) is 18.9. The average molecular weight is 474 g/mol. The second-order valence-corrected chi connectivity index (χ2v) is 7.42. The van der Waals surface area contributed by atoms with Gasteiger partial charge in [-0.1, -0.05) is 13.8 Å². The second-order valence-electron chi connectivity index (χ2n) is 7.42. The second kappa shape index (κ2) is 12.2. The minimum atomic E-state index is -1.05. The van der Waals surface area contributed by atoms with Gasteiger partial charge >= 0.3 is 0 Å². The summed E-state index contributed by atoms with van der Waals surface area (Å²) < 4.78 is 58.6. The minimum Gasteiger partial charge on any atom is -0.370 e. The molecular formula is C21H31F4N7O. The van der Waals surface area contributed by atoms with E-state index in [9.17, 15) is 17.6 Å². The van der Waals surface area contributed by atoms with E-state index in [2.05, 4.69) is 15.7 Å². The quantitative estimate of drug-likeness (QED) is 0.178. The van der Waals surface area contributed by atoms with Gasteiger partial charge in [0.05, 0.1) is 18.0 Å². The first-order valence-corrected chi connectivity index (χ1v) is 10.6. The van der Waals surface area contributed by atoms with Crippen LogP contribution in [0.1, 0.15) is 49.1 Å². The fraction of sp³-hybridized carbons (Fsp3) is 0.524. The van der Waals surface area contributed by atoms with Crippen molar-refractivity contribution in [2.75, 3.05) is 13.4 Å². The zero-order valence-electron chi connectivity index (χ0n) is 18.9. The Morgan fingerprint density at radius 3 is 2.52 bits per heavy atom. The fourth-order valence-electron chi connectivity index (χ4n) is 3.96. The average Bonchev–Trinajstić information content (AvgIpc) is 3.36. The Hall–Kier alpha value is -2.38. The van der Waals surface area contributed by atoms with Crippen molar-refractivity contribution >= 4 is 5.97 Å². The van der Waals surface area contributed by atoms with E-state index in [0.717, 1.165) is 29.6 Å². The standard InChI is InChI=1S/C18H20F3N5O.C2H6.CH5FN2/c1-25-15-7-26(6-14(15)24-18(25)17(21)23)10-5-13(22)16(27-8-10)11-4-9(19)2-3-12(11)20;1-2;2-1-4-3/h2-4,10,13,16,23H,5-8,22H2,1H3;1-2H3;4H,1,3H2/t10?,13?,16-;;/m1../s1. The minimum absolute atomic E-state index is 0.00431. The van der Waals surface area contributed by atoms with E-state index in [1.165, 1.54) is 0 Å². The molecule has 2 aromatic rings. The normalized spacial score (nSPS) is 22.0. The van der Waals surface area contributed by atoms with Gasteiger partial charge in [-0.25, -0.2) is 23.6 Å². The number of nitrogens with two attached hydrogens (primary N) is 2. The molecule has 6 N–H and O–H groups in total. The molecular weight excluding hydrogens is 442 g/mol. The molecule has 0 saturated carbocycles. The number of hydrazine groups is 1. The molecule has 0 aliphatic carbocycles. The molecule has 1 aromatic heterocycles. The number of hydrogen-bond donors (Lipinski definition) is 4. The maximum Gasteiger partial charge on any atom is 0.248 e. The van der Waals surface area contributed by atoms with E-state index < -0.39 is 36.5 Å². The third-order valence-corrected chi connectivity index (χ3v) is 5.46. The number of halogens is 4. The maximum atomic E-state index is 14.0. The summed E-state index contributed by atoms with van der Waals surface area (Å²) in [5.74, 6) is 2.31. The van der Waals surface area contributed by atoms with Gasteiger partial charge in [-0.15, -0.1) is 0 Å². The Bertz CT molecular complexity index is 938. The van der Waals surface area contributed by atoms with Crippen LogP contribution in [0, 0.1) is 17.0 Å². The largest absolute Gasteiger partial charge is 0.370 e. The number of ether oxygens (including phenoxy) is 1. The number of nitrogens with zero attached hydrogens (tertiary/aromatic N) is 3. The molecule has 3 atom stereocenters. The monoisotopic (exact) mass is 473 g/mol. The van der Waals surface area contributed by atoms with Crippen molar-refractivity contribution in [1.29, 1.82) is 5.41 Å².